The topological polar surface area (TPSA) is 159 Å². The van der Waals surface area contributed by atoms with Gasteiger partial charge in [0.25, 0.3) is 5.91 Å². The molecule has 5 rings (SSSR count). The number of carboxylic acids is 1. The summed E-state index contributed by atoms with van der Waals surface area (Å²) in [7, 11) is 2.19. The summed E-state index contributed by atoms with van der Waals surface area (Å²) in [6.45, 7) is 17.5. The number of rotatable bonds is 17. The van der Waals surface area contributed by atoms with Gasteiger partial charge >= 0.3 is 12.1 Å². The minimum Gasteiger partial charge on any atom is -0.477 e. The second kappa shape index (κ2) is 23.2. The molecule has 4 atom stereocenters. The van der Waals surface area contributed by atoms with Crippen molar-refractivity contribution in [2.24, 2.45) is 16.7 Å². The van der Waals surface area contributed by atoms with Crippen LogP contribution in [0, 0.1) is 16.7 Å². The fourth-order valence-electron chi connectivity index (χ4n) is 6.33. The predicted molar refractivity (Wildman–Crippen MR) is 239 cm³/mol. The van der Waals surface area contributed by atoms with Crippen molar-refractivity contribution in [3.05, 3.63) is 71.9 Å². The molecule has 2 fully saturated rings. The fourth-order valence-corrected chi connectivity index (χ4v) is 7.11. The molecule has 324 valence electrons. The summed E-state index contributed by atoms with van der Waals surface area (Å²) in [5, 5.41) is 16.5. The number of nitrogens with zero attached hydrogens (tertiary/aromatic N) is 2. The molecule has 1 aromatic heterocycles. The van der Waals surface area contributed by atoms with Gasteiger partial charge < -0.3 is 34.7 Å². The van der Waals surface area contributed by atoms with Crippen molar-refractivity contribution in [3.8, 4) is 5.69 Å². The Morgan fingerprint density at radius 1 is 1.02 bits per heavy atom. The molecule has 2 aromatic carbocycles. The number of alkyl carbamates (subject to hydrolysis) is 1. The number of para-hydroxylation sites is 1. The molecule has 1 aliphatic heterocycles. The van der Waals surface area contributed by atoms with Crippen molar-refractivity contribution >= 4 is 59.6 Å². The molecule has 2 unspecified atom stereocenters. The second-order valence-electron chi connectivity index (χ2n) is 17.5. The van der Waals surface area contributed by atoms with Crippen LogP contribution in [-0.2, 0) is 19.1 Å². The van der Waals surface area contributed by atoms with E-state index in [0.29, 0.717) is 11.7 Å². The zero-order valence-corrected chi connectivity index (χ0v) is 37.3. The number of hydrogen-bond acceptors (Lipinski definition) is 8. The van der Waals surface area contributed by atoms with Crippen LogP contribution in [0.25, 0.3) is 22.7 Å². The molecule has 2 aliphatic rings. The van der Waals surface area contributed by atoms with E-state index in [-0.39, 0.29) is 29.5 Å². The number of aromatic carboxylic acids is 1. The van der Waals surface area contributed by atoms with Gasteiger partial charge in [0, 0.05) is 22.4 Å². The number of carbonyl (C=O) groups excluding carboxylic acids is 4. The van der Waals surface area contributed by atoms with Gasteiger partial charge in [0.1, 0.15) is 18.0 Å². The Labute approximate surface area is 355 Å². The standard InChI is InChI=1S/C30H36N2O5.C10H18N2O2S.C6H13N/c1-29(2,3)26(19-33)31-28(36)37-20-30(4,5)17-10-9-12-21-13-11-16-24-23(21)18-25(27(34)35)32(24)22-14-7-6-8-15-22;1-3-7(2)9(11-6-13)10(14)12-15-8-4-5-8;1-6-4-3-5-7(6)2/h6-9,11-16,18-19,26H,10,17,20H2,1-5H3,(H,31,36)(H,34,35);6-9H,3-5H2,1-2H3,(H,11,13)(H,12,14);6H,3-5H2,1-2H3/b12-9+;;/t26-;7-,9?;/m10./s1. The second-order valence-corrected chi connectivity index (χ2v) is 18.6. The molecule has 13 heteroatoms. The van der Waals surface area contributed by atoms with E-state index in [9.17, 15) is 29.1 Å². The first kappa shape index (κ1) is 48.7. The summed E-state index contributed by atoms with van der Waals surface area (Å²) in [4.78, 5) is 59.9. The molecular weight excluding hydrogens is 767 g/mol. The first-order chi connectivity index (χ1) is 27.9. The number of aldehydes is 1. The van der Waals surface area contributed by atoms with Crippen molar-refractivity contribution in [1.82, 2.24) is 24.8 Å². The average Bonchev–Trinajstić information content (AvgIpc) is 3.84. The van der Waals surface area contributed by atoms with E-state index in [1.54, 1.807) is 10.6 Å². The number of nitrogens with one attached hydrogen (secondary N) is 3. The number of allylic oxidation sites excluding steroid dienone is 1. The first-order valence-electron chi connectivity index (χ1n) is 20.8. The number of fused-ring (bicyclic) bond motifs is 1. The van der Waals surface area contributed by atoms with E-state index in [1.807, 2.05) is 103 Å². The van der Waals surface area contributed by atoms with E-state index < -0.39 is 29.6 Å². The summed E-state index contributed by atoms with van der Waals surface area (Å²) >= 11 is 1.48. The zero-order valence-electron chi connectivity index (χ0n) is 36.5. The SMILES string of the molecule is CC(C)(CC/C=C/c1cccc2c1cc(C(=O)O)n2-c1ccccc1)COC(=O)N[C@H](C=O)C(C)(C)C.CC1CCCN1C.CC[C@H](C)C(NC=O)C(=O)NSC1CC1. The summed E-state index contributed by atoms with van der Waals surface area (Å²) in [6, 6.07) is 16.8. The zero-order chi connectivity index (χ0) is 43.8. The lowest BCUT2D eigenvalue weighted by Gasteiger charge is -2.28. The lowest BCUT2D eigenvalue weighted by atomic mass is 9.88. The van der Waals surface area contributed by atoms with Crippen LogP contribution in [0.2, 0.25) is 0 Å². The summed E-state index contributed by atoms with van der Waals surface area (Å²) < 4.78 is 9.96. The van der Waals surface area contributed by atoms with Gasteiger partial charge in [-0.05, 0) is 118 Å². The molecule has 3 amide bonds. The Hall–Kier alpha value is -4.62. The van der Waals surface area contributed by atoms with E-state index in [4.69, 9.17) is 4.74 Å². The van der Waals surface area contributed by atoms with Crippen LogP contribution in [0.4, 0.5) is 4.79 Å². The molecular formula is C46H67N5O7S. The van der Waals surface area contributed by atoms with Gasteiger partial charge in [0.05, 0.1) is 18.2 Å². The molecule has 59 heavy (non-hydrogen) atoms. The van der Waals surface area contributed by atoms with Crippen molar-refractivity contribution in [1.29, 1.82) is 0 Å². The lowest BCUT2D eigenvalue weighted by Crippen LogP contribution is -2.45. The molecule has 4 N–H and O–H groups in total. The lowest BCUT2D eigenvalue weighted by molar-refractivity contribution is -0.125. The highest BCUT2D eigenvalue weighted by molar-refractivity contribution is 7.98. The van der Waals surface area contributed by atoms with Crippen molar-refractivity contribution in [3.63, 3.8) is 0 Å². The number of aromatic nitrogens is 1. The van der Waals surface area contributed by atoms with Gasteiger partial charge in [0.15, 0.2) is 0 Å². The monoisotopic (exact) mass is 833 g/mol. The largest absolute Gasteiger partial charge is 0.477 e. The molecule has 0 spiro atoms. The van der Waals surface area contributed by atoms with Crippen LogP contribution < -0.4 is 15.4 Å². The van der Waals surface area contributed by atoms with Crippen molar-refractivity contribution in [2.75, 3.05) is 20.2 Å². The Kier molecular flexibility index (Phi) is 19.2. The Morgan fingerprint density at radius 3 is 2.24 bits per heavy atom. The minimum atomic E-state index is -0.984. The smallest absolute Gasteiger partial charge is 0.407 e. The number of likely N-dealkylation sites (tertiary alicyclic amines) is 1. The highest BCUT2D eigenvalue weighted by atomic mass is 32.2. The molecule has 1 aliphatic carbocycles. The Balaban J connectivity index is 0.000000343. The van der Waals surface area contributed by atoms with Crippen LogP contribution in [0.15, 0.2) is 60.7 Å². The quantitative estimate of drug-likeness (QED) is 0.0772. The van der Waals surface area contributed by atoms with E-state index >= 15 is 0 Å². The van der Waals surface area contributed by atoms with Crippen LogP contribution >= 0.6 is 11.9 Å². The molecule has 1 saturated heterocycles. The Morgan fingerprint density at radius 2 is 1.71 bits per heavy atom. The highest BCUT2D eigenvalue weighted by Crippen LogP contribution is 2.32. The van der Waals surface area contributed by atoms with Gasteiger partial charge in [-0.2, -0.15) is 0 Å². The number of amides is 3. The van der Waals surface area contributed by atoms with Gasteiger partial charge in [-0.25, -0.2) is 9.59 Å². The van der Waals surface area contributed by atoms with Gasteiger partial charge in [0.2, 0.25) is 6.41 Å². The maximum Gasteiger partial charge on any atom is 0.407 e. The number of carbonyl (C=O) groups is 5. The summed E-state index contributed by atoms with van der Waals surface area (Å²) in [5.41, 5.74) is 2.11. The number of ether oxygens (including phenoxy) is 1. The molecule has 3 aromatic rings. The third-order valence-corrected chi connectivity index (χ3v) is 11.9. The maximum atomic E-state index is 12.2. The van der Waals surface area contributed by atoms with Crippen molar-refractivity contribution in [2.45, 2.75) is 124 Å². The number of carboxylic acid groups (broad SMARTS) is 1. The molecule has 1 saturated carbocycles. The van der Waals surface area contributed by atoms with Crippen LogP contribution in [-0.4, -0.2) is 88.8 Å². The normalized spacial score (nSPS) is 17.1. The minimum absolute atomic E-state index is 0.0895. The maximum absolute atomic E-state index is 12.2. The molecule has 12 nitrogen and oxygen atoms in total. The van der Waals surface area contributed by atoms with E-state index in [0.717, 1.165) is 53.7 Å². The highest BCUT2D eigenvalue weighted by Gasteiger charge is 2.29. The number of benzene rings is 2. The average molecular weight is 834 g/mol. The third-order valence-electron chi connectivity index (χ3n) is 10.8. The predicted octanol–water partition coefficient (Wildman–Crippen LogP) is 8.66. The Bertz CT molecular complexity index is 1840. The van der Waals surface area contributed by atoms with Gasteiger partial charge in [-0.15, -0.1) is 0 Å². The fraction of sp³-hybridized carbons (Fsp3) is 0.543. The van der Waals surface area contributed by atoms with Gasteiger partial charge in [-0.3, -0.25) is 14.3 Å². The first-order valence-corrected chi connectivity index (χ1v) is 21.6. The van der Waals surface area contributed by atoms with Crippen molar-refractivity contribution < 1.29 is 33.8 Å². The molecule has 2 heterocycles. The number of hydrogen-bond donors (Lipinski definition) is 4. The summed E-state index contributed by atoms with van der Waals surface area (Å²) in [5.74, 6) is -0.911. The van der Waals surface area contributed by atoms with Crippen LogP contribution in [0.5, 0.6) is 0 Å². The van der Waals surface area contributed by atoms with E-state index in [1.165, 1.54) is 44.2 Å². The van der Waals surface area contributed by atoms with Crippen LogP contribution in [0.1, 0.15) is 116 Å². The third kappa shape index (κ3) is 15.8. The molecule has 0 radical (unpaired) electrons. The summed E-state index contributed by atoms with van der Waals surface area (Å²) in [6.07, 6.45) is 12.3. The van der Waals surface area contributed by atoms with Gasteiger partial charge in [-0.1, -0.05) is 97.4 Å². The van der Waals surface area contributed by atoms with Crippen LogP contribution in [0.3, 0.4) is 0 Å². The molecule has 0 bridgehead atoms. The van der Waals surface area contributed by atoms with E-state index in [2.05, 4.69) is 40.3 Å².